The molecule has 8 nitrogen and oxygen atoms in total. The molecule has 188 valence electrons. The highest BCUT2D eigenvalue weighted by atomic mass is 35.5. The first-order chi connectivity index (χ1) is 16.4. The third-order valence-corrected chi connectivity index (χ3v) is 7.20. The summed E-state index contributed by atoms with van der Waals surface area (Å²) in [5.41, 5.74) is -0.00569. The lowest BCUT2D eigenvalue weighted by Gasteiger charge is -2.43. The van der Waals surface area contributed by atoms with Crippen molar-refractivity contribution < 1.29 is 28.5 Å². The molecule has 0 aliphatic carbocycles. The van der Waals surface area contributed by atoms with E-state index in [-0.39, 0.29) is 30.9 Å². The molecule has 3 saturated heterocycles. The van der Waals surface area contributed by atoms with Crippen LogP contribution in [-0.2, 0) is 23.8 Å². The lowest BCUT2D eigenvalue weighted by molar-refractivity contribution is -0.167. The molecule has 3 fully saturated rings. The van der Waals surface area contributed by atoms with Crippen LogP contribution >= 0.6 is 11.6 Å². The maximum absolute atomic E-state index is 13.2. The number of amides is 2. The van der Waals surface area contributed by atoms with Gasteiger partial charge in [-0.05, 0) is 49.9 Å². The van der Waals surface area contributed by atoms with Crippen LogP contribution in [0.2, 0.25) is 5.02 Å². The van der Waals surface area contributed by atoms with Crippen molar-refractivity contribution in [1.82, 2.24) is 9.80 Å². The number of hydrogen-bond donors (Lipinski definition) is 0. The van der Waals surface area contributed by atoms with Crippen LogP contribution in [0.5, 0.6) is 5.75 Å². The van der Waals surface area contributed by atoms with Crippen LogP contribution in [0.25, 0.3) is 0 Å². The number of benzene rings is 1. The number of morpholine rings is 2. The summed E-state index contributed by atoms with van der Waals surface area (Å²) in [7, 11) is 0. The Morgan fingerprint density at radius 3 is 2.65 bits per heavy atom. The minimum Gasteiger partial charge on any atom is -0.490 e. The zero-order valence-corrected chi connectivity index (χ0v) is 20.7. The lowest BCUT2D eigenvalue weighted by atomic mass is 9.96. The monoisotopic (exact) mass is 494 g/mol. The predicted molar refractivity (Wildman–Crippen MR) is 127 cm³/mol. The number of hydrogen-bond acceptors (Lipinski definition) is 6. The van der Waals surface area contributed by atoms with Crippen molar-refractivity contribution in [2.75, 3.05) is 59.2 Å². The Hall–Kier alpha value is -1.87. The molecule has 9 heteroatoms. The molecule has 0 N–H and O–H groups in total. The van der Waals surface area contributed by atoms with E-state index in [2.05, 4.69) is 0 Å². The Kier molecular flexibility index (Phi) is 8.69. The third kappa shape index (κ3) is 6.62. The molecule has 0 bridgehead atoms. The van der Waals surface area contributed by atoms with Crippen molar-refractivity contribution in [3.05, 3.63) is 28.8 Å². The number of aryl methyl sites for hydroxylation is 1. The standard InChI is InChI=1S/C25H35ClN2O6/c1-19-15-21(4-6-22(19)26)33-18-25(16-24(30)27-8-12-31-13-9-27)17-28(10-14-34-25)23(29)7-5-20-3-2-11-32-20/h4,6,15,20H,2-3,5,7-14,16-18H2,1H3/t20-,25+/m0/s1. The average molecular weight is 495 g/mol. The molecule has 0 unspecified atom stereocenters. The summed E-state index contributed by atoms with van der Waals surface area (Å²) < 4.78 is 23.4. The summed E-state index contributed by atoms with van der Waals surface area (Å²) in [5, 5.41) is 0.668. The smallest absolute Gasteiger partial charge is 0.225 e. The van der Waals surface area contributed by atoms with Crippen LogP contribution in [0, 0.1) is 6.92 Å². The summed E-state index contributed by atoms with van der Waals surface area (Å²) in [4.78, 5) is 29.8. The molecular weight excluding hydrogens is 460 g/mol. The van der Waals surface area contributed by atoms with E-state index in [1.807, 2.05) is 17.9 Å². The van der Waals surface area contributed by atoms with Gasteiger partial charge in [0.05, 0.1) is 38.9 Å². The zero-order chi connectivity index (χ0) is 24.0. The summed E-state index contributed by atoms with van der Waals surface area (Å²) in [5.74, 6) is 0.725. The highest BCUT2D eigenvalue weighted by molar-refractivity contribution is 6.31. The normalized spacial score (nSPS) is 25.4. The Balaban J connectivity index is 1.44. The molecule has 0 radical (unpaired) electrons. The van der Waals surface area contributed by atoms with E-state index >= 15 is 0 Å². The molecule has 0 spiro atoms. The second kappa shape index (κ2) is 11.7. The van der Waals surface area contributed by atoms with Crippen LogP contribution in [0.3, 0.4) is 0 Å². The first-order valence-corrected chi connectivity index (χ1v) is 12.6. The molecule has 34 heavy (non-hydrogen) atoms. The molecule has 4 rings (SSSR count). The Morgan fingerprint density at radius 1 is 1.12 bits per heavy atom. The van der Waals surface area contributed by atoms with Gasteiger partial charge in [-0.25, -0.2) is 0 Å². The first kappa shape index (κ1) is 25.2. The fourth-order valence-electron chi connectivity index (χ4n) is 4.74. The molecule has 1 aromatic carbocycles. The second-order valence-electron chi connectivity index (χ2n) is 9.39. The van der Waals surface area contributed by atoms with Crippen molar-refractivity contribution in [1.29, 1.82) is 0 Å². The minimum absolute atomic E-state index is 0.00663. The molecule has 0 saturated carbocycles. The average Bonchev–Trinajstić information content (AvgIpc) is 3.38. The number of rotatable bonds is 8. The molecule has 0 aromatic heterocycles. The van der Waals surface area contributed by atoms with Crippen molar-refractivity contribution in [2.45, 2.75) is 50.7 Å². The van der Waals surface area contributed by atoms with Crippen molar-refractivity contribution in [3.63, 3.8) is 0 Å². The second-order valence-corrected chi connectivity index (χ2v) is 9.80. The Labute approximate surface area is 206 Å². The third-order valence-electron chi connectivity index (χ3n) is 6.77. The molecule has 3 heterocycles. The van der Waals surface area contributed by atoms with E-state index < -0.39 is 5.60 Å². The molecule has 2 atom stereocenters. The van der Waals surface area contributed by atoms with Gasteiger partial charge in [0.1, 0.15) is 18.0 Å². The van der Waals surface area contributed by atoms with Gasteiger partial charge in [0.25, 0.3) is 0 Å². The molecule has 2 amide bonds. The van der Waals surface area contributed by atoms with Gasteiger partial charge in [0.15, 0.2) is 0 Å². The SMILES string of the molecule is Cc1cc(OC[C@@]2(CC(=O)N3CCOCC3)CN(C(=O)CC[C@@H]3CCCO3)CCO2)ccc1Cl. The summed E-state index contributed by atoms with van der Waals surface area (Å²) in [6, 6.07) is 5.47. The number of ether oxygens (including phenoxy) is 4. The van der Waals surface area contributed by atoms with Crippen LogP contribution in [0.4, 0.5) is 0 Å². The van der Waals surface area contributed by atoms with Gasteiger partial charge in [-0.2, -0.15) is 0 Å². The van der Waals surface area contributed by atoms with Gasteiger partial charge < -0.3 is 28.7 Å². The number of carbonyl (C=O) groups is 2. The Bertz CT molecular complexity index is 856. The Morgan fingerprint density at radius 2 is 1.91 bits per heavy atom. The van der Waals surface area contributed by atoms with E-state index in [0.717, 1.165) is 31.4 Å². The van der Waals surface area contributed by atoms with Gasteiger partial charge in [-0.15, -0.1) is 0 Å². The zero-order valence-electron chi connectivity index (χ0n) is 19.9. The molecule has 1 aromatic rings. The van der Waals surface area contributed by atoms with Crippen LogP contribution in [0.15, 0.2) is 18.2 Å². The van der Waals surface area contributed by atoms with Crippen LogP contribution in [-0.4, -0.2) is 92.5 Å². The summed E-state index contributed by atoms with van der Waals surface area (Å²) >= 11 is 6.15. The lowest BCUT2D eigenvalue weighted by Crippen LogP contribution is -2.58. The van der Waals surface area contributed by atoms with Crippen molar-refractivity contribution >= 4 is 23.4 Å². The highest BCUT2D eigenvalue weighted by Crippen LogP contribution is 2.28. The van der Waals surface area contributed by atoms with E-state index in [9.17, 15) is 9.59 Å². The minimum atomic E-state index is -0.916. The summed E-state index contributed by atoms with van der Waals surface area (Å²) in [6.07, 6.45) is 3.57. The summed E-state index contributed by atoms with van der Waals surface area (Å²) in [6.45, 7) is 6.26. The van der Waals surface area contributed by atoms with Gasteiger partial charge in [-0.3, -0.25) is 9.59 Å². The van der Waals surface area contributed by atoms with E-state index in [0.29, 0.717) is 63.2 Å². The molecular formula is C25H35ClN2O6. The number of carbonyl (C=O) groups excluding carboxylic acids is 2. The van der Waals surface area contributed by atoms with E-state index in [1.165, 1.54) is 0 Å². The fourth-order valence-corrected chi connectivity index (χ4v) is 4.86. The predicted octanol–water partition coefficient (Wildman–Crippen LogP) is 2.83. The van der Waals surface area contributed by atoms with Crippen molar-refractivity contribution in [3.8, 4) is 5.75 Å². The maximum Gasteiger partial charge on any atom is 0.225 e. The number of nitrogens with zero attached hydrogens (tertiary/aromatic N) is 2. The van der Waals surface area contributed by atoms with Gasteiger partial charge in [0.2, 0.25) is 11.8 Å². The fraction of sp³-hybridized carbons (Fsp3) is 0.680. The topological polar surface area (TPSA) is 77.5 Å². The van der Waals surface area contributed by atoms with Gasteiger partial charge >= 0.3 is 0 Å². The van der Waals surface area contributed by atoms with Gasteiger partial charge in [-0.1, -0.05) is 11.6 Å². The maximum atomic E-state index is 13.2. The van der Waals surface area contributed by atoms with Crippen LogP contribution < -0.4 is 4.74 Å². The highest BCUT2D eigenvalue weighted by Gasteiger charge is 2.42. The molecule has 3 aliphatic rings. The van der Waals surface area contributed by atoms with E-state index in [1.54, 1.807) is 17.0 Å². The largest absolute Gasteiger partial charge is 0.490 e. The first-order valence-electron chi connectivity index (χ1n) is 12.2. The van der Waals surface area contributed by atoms with Gasteiger partial charge in [0, 0.05) is 37.7 Å². The quantitative estimate of drug-likeness (QED) is 0.553. The van der Waals surface area contributed by atoms with E-state index in [4.69, 9.17) is 30.5 Å². The number of halogens is 1. The molecule has 3 aliphatic heterocycles. The van der Waals surface area contributed by atoms with Crippen molar-refractivity contribution in [2.24, 2.45) is 0 Å². The van der Waals surface area contributed by atoms with Crippen LogP contribution in [0.1, 0.15) is 37.7 Å².